The zero-order chi connectivity index (χ0) is 40.2. The molecule has 3 atom stereocenters. The van der Waals surface area contributed by atoms with E-state index in [1.165, 1.54) is 13.2 Å². The molecule has 1 aromatic heterocycles. The number of aromatic nitrogens is 1. The number of nitrogens with zero attached hydrogens (tertiary/aromatic N) is 1. The van der Waals surface area contributed by atoms with Gasteiger partial charge in [0, 0.05) is 36.8 Å². The van der Waals surface area contributed by atoms with Crippen LogP contribution in [0.3, 0.4) is 0 Å². The minimum atomic E-state index is -1.22. The van der Waals surface area contributed by atoms with Crippen molar-refractivity contribution in [2.75, 3.05) is 38.6 Å². The quantitative estimate of drug-likeness (QED) is 0.101. The van der Waals surface area contributed by atoms with Crippen molar-refractivity contribution >= 4 is 34.4 Å². The third-order valence-corrected chi connectivity index (χ3v) is 11.9. The van der Waals surface area contributed by atoms with Gasteiger partial charge in [-0.05, 0) is 102 Å². The molecule has 1 aliphatic carbocycles. The third-order valence-electron chi connectivity index (χ3n) is 11.9. The standard InChI is InChI=1S/C46H49N5O7/c1-57-39-16-14-35(36-15-17-41(53)49-44(36)39)38(52)27-47-26-31-10-12-34(13-11-31)48-42(54)24-29-6-8-30(9-7-29)25-43(55)50-46(21-18-32-4-2-3-5-37(32)46)45(56)58-40-28-51-22-19-33(40)20-23-51/h2-17,33,38,40,47,52H,18-28H2,1H3,(H,48,54)(H,49,53)(H,50,55)/t38-,40-,46?/m0/s1. The van der Waals surface area contributed by atoms with Gasteiger partial charge in [-0.1, -0.05) is 66.7 Å². The second-order valence-electron chi connectivity index (χ2n) is 15.7. The number of esters is 1. The molecule has 12 heteroatoms. The second-order valence-corrected chi connectivity index (χ2v) is 15.7. The minimum Gasteiger partial charge on any atom is -0.495 e. The lowest BCUT2D eigenvalue weighted by molar-refractivity contribution is -0.168. The number of aliphatic hydroxyl groups excluding tert-OH is 1. The molecule has 2 amide bonds. The lowest BCUT2D eigenvalue weighted by Crippen LogP contribution is -2.56. The Balaban J connectivity index is 0.818. The Hall–Kier alpha value is -5.82. The van der Waals surface area contributed by atoms with Crippen LogP contribution in [-0.2, 0) is 50.5 Å². The lowest BCUT2D eigenvalue weighted by atomic mass is 9.85. The number of hydrogen-bond donors (Lipinski definition) is 5. The highest BCUT2D eigenvalue weighted by molar-refractivity contribution is 5.93. The molecule has 58 heavy (non-hydrogen) atoms. The van der Waals surface area contributed by atoms with Gasteiger partial charge in [-0.25, -0.2) is 4.79 Å². The van der Waals surface area contributed by atoms with Crippen LogP contribution in [-0.4, -0.2) is 72.2 Å². The van der Waals surface area contributed by atoms with Gasteiger partial charge in [0.05, 0.1) is 31.6 Å². The van der Waals surface area contributed by atoms with Crippen molar-refractivity contribution < 1.29 is 29.0 Å². The highest BCUT2D eigenvalue weighted by atomic mass is 16.5. The van der Waals surface area contributed by atoms with Crippen molar-refractivity contribution in [3.8, 4) is 5.75 Å². The molecule has 0 spiro atoms. The van der Waals surface area contributed by atoms with E-state index in [4.69, 9.17) is 9.47 Å². The average molecular weight is 784 g/mol. The number of pyridine rings is 1. The number of nitrogens with one attached hydrogen (secondary N) is 4. The van der Waals surface area contributed by atoms with E-state index in [0.717, 1.165) is 60.3 Å². The van der Waals surface area contributed by atoms with E-state index >= 15 is 0 Å². The number of H-pyrrole nitrogens is 1. The zero-order valence-corrected chi connectivity index (χ0v) is 32.6. The van der Waals surface area contributed by atoms with E-state index in [0.29, 0.717) is 53.2 Å². The molecule has 12 nitrogen and oxygen atoms in total. The smallest absolute Gasteiger partial charge is 0.336 e. The summed E-state index contributed by atoms with van der Waals surface area (Å²) in [5, 5.41) is 21.0. The Morgan fingerprint density at radius 3 is 2.29 bits per heavy atom. The van der Waals surface area contributed by atoms with Gasteiger partial charge >= 0.3 is 5.97 Å². The highest BCUT2D eigenvalue weighted by Crippen LogP contribution is 2.40. The molecule has 5 N–H and O–H groups in total. The minimum absolute atomic E-state index is 0.0874. The van der Waals surface area contributed by atoms with Crippen LogP contribution in [0.25, 0.3) is 10.9 Å². The number of methoxy groups -OCH3 is 1. The number of benzene rings is 4. The number of ether oxygens (including phenoxy) is 2. The van der Waals surface area contributed by atoms with E-state index in [1.807, 2.05) is 72.8 Å². The van der Waals surface area contributed by atoms with Crippen molar-refractivity contribution in [3.63, 3.8) is 0 Å². The fourth-order valence-electron chi connectivity index (χ4n) is 8.80. The van der Waals surface area contributed by atoms with Crippen LogP contribution in [0.15, 0.2) is 102 Å². The largest absolute Gasteiger partial charge is 0.495 e. The fourth-order valence-corrected chi connectivity index (χ4v) is 8.80. The molecule has 3 aliphatic heterocycles. The number of amides is 2. The molecule has 4 aromatic carbocycles. The number of anilines is 1. The Labute approximate surface area is 336 Å². The number of carbonyl (C=O) groups is 3. The van der Waals surface area contributed by atoms with Crippen LogP contribution in [0.1, 0.15) is 58.7 Å². The molecule has 2 bridgehead atoms. The molecule has 9 rings (SSSR count). The molecule has 1 unspecified atom stereocenters. The Kier molecular flexibility index (Phi) is 11.4. The van der Waals surface area contributed by atoms with Crippen LogP contribution in [0.4, 0.5) is 5.69 Å². The molecular weight excluding hydrogens is 735 g/mol. The van der Waals surface area contributed by atoms with Crippen LogP contribution < -0.4 is 26.2 Å². The first-order chi connectivity index (χ1) is 28.2. The highest BCUT2D eigenvalue weighted by Gasteiger charge is 2.50. The van der Waals surface area contributed by atoms with Crippen molar-refractivity contribution in [2.24, 2.45) is 5.92 Å². The van der Waals surface area contributed by atoms with Crippen molar-refractivity contribution in [1.82, 2.24) is 20.5 Å². The van der Waals surface area contributed by atoms with E-state index in [2.05, 4.69) is 25.8 Å². The number of hydrogen-bond acceptors (Lipinski definition) is 9. The number of fused-ring (bicyclic) bond motifs is 5. The van der Waals surface area contributed by atoms with Crippen molar-refractivity contribution in [2.45, 2.75) is 62.8 Å². The van der Waals surface area contributed by atoms with E-state index in [-0.39, 0.29) is 48.8 Å². The van der Waals surface area contributed by atoms with Crippen LogP contribution >= 0.6 is 0 Å². The first-order valence-electron chi connectivity index (χ1n) is 20.1. The number of aliphatic hydroxyl groups is 1. The number of aromatic amines is 1. The van der Waals surface area contributed by atoms with Crippen LogP contribution in [0.5, 0.6) is 5.75 Å². The predicted octanol–water partition coefficient (Wildman–Crippen LogP) is 4.68. The Morgan fingerprint density at radius 1 is 0.879 bits per heavy atom. The SMILES string of the molecule is COc1ccc([C@@H](O)CNCc2ccc(NC(=O)Cc3ccc(CC(=O)NC4(C(=O)O[C@H]5CN6CCC5CC6)CCc5ccccc54)cc3)cc2)c2ccc(=O)[nH]c12. The van der Waals surface area contributed by atoms with Gasteiger partial charge in [0.15, 0.2) is 5.54 Å². The summed E-state index contributed by atoms with van der Waals surface area (Å²) < 4.78 is 11.6. The molecule has 300 valence electrons. The molecular formula is C46H49N5O7. The summed E-state index contributed by atoms with van der Waals surface area (Å²) in [6.45, 7) is 3.63. The maximum absolute atomic E-state index is 14.0. The predicted molar refractivity (Wildman–Crippen MR) is 220 cm³/mol. The normalized spacial score (nSPS) is 21.2. The zero-order valence-electron chi connectivity index (χ0n) is 32.6. The Morgan fingerprint density at radius 2 is 1.59 bits per heavy atom. The molecule has 0 saturated carbocycles. The molecule has 5 aromatic rings. The van der Waals surface area contributed by atoms with E-state index in [9.17, 15) is 24.3 Å². The first-order valence-corrected chi connectivity index (χ1v) is 20.1. The van der Waals surface area contributed by atoms with Gasteiger partial charge < -0.3 is 35.5 Å². The van der Waals surface area contributed by atoms with Crippen molar-refractivity contribution in [1.29, 1.82) is 0 Å². The molecule has 4 aliphatic rings. The molecule has 3 fully saturated rings. The second kappa shape index (κ2) is 17.0. The maximum atomic E-state index is 14.0. The topological polar surface area (TPSA) is 162 Å². The maximum Gasteiger partial charge on any atom is 0.336 e. The average Bonchev–Trinajstić information content (AvgIpc) is 3.61. The van der Waals surface area contributed by atoms with Crippen molar-refractivity contribution in [3.05, 3.63) is 141 Å². The van der Waals surface area contributed by atoms with Gasteiger partial charge in [0.25, 0.3) is 0 Å². The van der Waals surface area contributed by atoms with Gasteiger partial charge in [0.1, 0.15) is 11.9 Å². The van der Waals surface area contributed by atoms with Gasteiger partial charge in [-0.3, -0.25) is 19.3 Å². The van der Waals surface area contributed by atoms with Gasteiger partial charge in [-0.15, -0.1) is 0 Å². The number of carbonyl (C=O) groups excluding carboxylic acids is 3. The molecule has 0 radical (unpaired) electrons. The number of rotatable bonds is 14. The summed E-state index contributed by atoms with van der Waals surface area (Å²) in [7, 11) is 1.53. The molecule has 3 saturated heterocycles. The number of piperidine rings is 3. The molecule has 4 heterocycles. The first kappa shape index (κ1) is 39.0. The lowest BCUT2D eigenvalue weighted by Gasteiger charge is -2.45. The Bertz CT molecular complexity index is 2350. The van der Waals surface area contributed by atoms with Gasteiger partial charge in [-0.2, -0.15) is 0 Å². The third kappa shape index (κ3) is 8.40. The van der Waals surface area contributed by atoms with Crippen LogP contribution in [0, 0.1) is 5.92 Å². The summed E-state index contributed by atoms with van der Waals surface area (Å²) in [6.07, 6.45) is 2.49. The summed E-state index contributed by atoms with van der Waals surface area (Å²) in [6, 6.07) is 29.3. The van der Waals surface area contributed by atoms with Crippen LogP contribution in [0.2, 0.25) is 0 Å². The number of aryl methyl sites for hydroxylation is 1. The van der Waals surface area contributed by atoms with Gasteiger partial charge in [0.2, 0.25) is 17.4 Å². The summed E-state index contributed by atoms with van der Waals surface area (Å²) >= 11 is 0. The van der Waals surface area contributed by atoms with E-state index < -0.39 is 11.6 Å². The monoisotopic (exact) mass is 783 g/mol. The van der Waals surface area contributed by atoms with E-state index in [1.54, 1.807) is 18.2 Å². The summed E-state index contributed by atoms with van der Waals surface area (Å²) in [5.41, 5.74) is 4.85. The fraction of sp³-hybridized carbons (Fsp3) is 0.348. The summed E-state index contributed by atoms with van der Waals surface area (Å²) in [5.74, 6) is 0.0976. The summed E-state index contributed by atoms with van der Waals surface area (Å²) in [4.78, 5) is 57.6.